The number of hydrogen-bond donors (Lipinski definition) is 2. The first-order valence-corrected chi connectivity index (χ1v) is 6.56. The molecule has 1 aromatic rings. The van der Waals surface area contributed by atoms with E-state index < -0.39 is 0 Å². The number of rotatable bonds is 5. The van der Waals surface area contributed by atoms with E-state index in [1.54, 1.807) is 0 Å². The molecule has 1 aromatic carbocycles. The van der Waals surface area contributed by atoms with Crippen LogP contribution in [0.1, 0.15) is 43.9 Å². The second-order valence-electron chi connectivity index (χ2n) is 4.72. The fourth-order valence-corrected chi connectivity index (χ4v) is 2.28. The van der Waals surface area contributed by atoms with E-state index >= 15 is 0 Å². The minimum atomic E-state index is 0.233. The molecule has 0 heterocycles. The minimum absolute atomic E-state index is 0.233. The van der Waals surface area contributed by atoms with E-state index in [2.05, 4.69) is 60.3 Å². The zero-order valence-electron chi connectivity index (χ0n) is 10.3. The average molecular weight is 285 g/mol. The lowest BCUT2D eigenvalue weighted by atomic mass is 9.97. The summed E-state index contributed by atoms with van der Waals surface area (Å²) in [5.74, 6) is 6.35. The third-order valence-corrected chi connectivity index (χ3v) is 3.48. The van der Waals surface area contributed by atoms with Gasteiger partial charge in [-0.1, -0.05) is 47.5 Å². The van der Waals surface area contributed by atoms with Crippen LogP contribution in [0.15, 0.2) is 22.7 Å². The highest BCUT2D eigenvalue weighted by atomic mass is 79.9. The van der Waals surface area contributed by atoms with Gasteiger partial charge in [0.25, 0.3) is 0 Å². The molecule has 1 unspecified atom stereocenters. The fraction of sp³-hybridized carbons (Fsp3) is 0.538. The Morgan fingerprint density at radius 1 is 1.31 bits per heavy atom. The monoisotopic (exact) mass is 284 g/mol. The molecule has 0 aliphatic heterocycles. The third-order valence-electron chi connectivity index (χ3n) is 2.76. The predicted molar refractivity (Wildman–Crippen MR) is 73.0 cm³/mol. The Morgan fingerprint density at radius 2 is 2.00 bits per heavy atom. The van der Waals surface area contributed by atoms with Crippen LogP contribution in [-0.2, 0) is 0 Å². The first-order valence-electron chi connectivity index (χ1n) is 5.76. The van der Waals surface area contributed by atoms with Crippen molar-refractivity contribution in [2.45, 2.75) is 39.7 Å². The fourth-order valence-electron chi connectivity index (χ4n) is 1.76. The Hall–Kier alpha value is -0.380. The van der Waals surface area contributed by atoms with Crippen molar-refractivity contribution in [2.75, 3.05) is 0 Å². The number of hydrazine groups is 1. The summed E-state index contributed by atoms with van der Waals surface area (Å²) in [6, 6.07) is 6.61. The molecule has 0 amide bonds. The lowest BCUT2D eigenvalue weighted by Gasteiger charge is -2.19. The maximum absolute atomic E-state index is 5.64. The summed E-state index contributed by atoms with van der Waals surface area (Å²) in [4.78, 5) is 0. The van der Waals surface area contributed by atoms with E-state index in [1.165, 1.54) is 17.5 Å². The number of halogens is 1. The summed E-state index contributed by atoms with van der Waals surface area (Å²) in [6.07, 6.45) is 2.24. The maximum atomic E-state index is 5.64. The van der Waals surface area contributed by atoms with Gasteiger partial charge in [-0.15, -0.1) is 0 Å². The molecule has 0 bridgehead atoms. The molecule has 90 valence electrons. The van der Waals surface area contributed by atoms with E-state index in [9.17, 15) is 0 Å². The van der Waals surface area contributed by atoms with Crippen molar-refractivity contribution in [3.8, 4) is 0 Å². The normalized spacial score (nSPS) is 13.1. The molecule has 0 spiro atoms. The van der Waals surface area contributed by atoms with Gasteiger partial charge in [0.2, 0.25) is 0 Å². The summed E-state index contributed by atoms with van der Waals surface area (Å²) in [7, 11) is 0. The Labute approximate surface area is 107 Å². The van der Waals surface area contributed by atoms with E-state index in [0.717, 1.165) is 10.9 Å². The second-order valence-corrected chi connectivity index (χ2v) is 5.57. The molecule has 1 atom stereocenters. The molecule has 2 nitrogen and oxygen atoms in total. The van der Waals surface area contributed by atoms with Crippen molar-refractivity contribution in [2.24, 2.45) is 11.8 Å². The van der Waals surface area contributed by atoms with Crippen LogP contribution in [0.25, 0.3) is 0 Å². The van der Waals surface area contributed by atoms with Crippen LogP contribution in [0.3, 0.4) is 0 Å². The average Bonchev–Trinajstić information content (AvgIpc) is 2.23. The highest BCUT2D eigenvalue weighted by molar-refractivity contribution is 9.10. The van der Waals surface area contributed by atoms with Gasteiger partial charge in [0.1, 0.15) is 0 Å². The summed E-state index contributed by atoms with van der Waals surface area (Å²) in [5.41, 5.74) is 5.43. The molecular weight excluding hydrogens is 264 g/mol. The quantitative estimate of drug-likeness (QED) is 0.639. The smallest absolute Gasteiger partial charge is 0.0471 e. The molecule has 0 saturated heterocycles. The summed E-state index contributed by atoms with van der Waals surface area (Å²) < 4.78 is 1.13. The van der Waals surface area contributed by atoms with Gasteiger partial charge in [0.05, 0.1) is 0 Å². The molecule has 0 aliphatic carbocycles. The highest BCUT2D eigenvalue weighted by Gasteiger charge is 2.13. The molecule has 0 aromatic heterocycles. The molecule has 16 heavy (non-hydrogen) atoms. The van der Waals surface area contributed by atoms with Crippen molar-refractivity contribution in [3.63, 3.8) is 0 Å². The Bertz CT molecular complexity index is 337. The zero-order valence-corrected chi connectivity index (χ0v) is 11.8. The summed E-state index contributed by atoms with van der Waals surface area (Å²) in [5, 5.41) is 0. The van der Waals surface area contributed by atoms with Gasteiger partial charge in [-0.25, -0.2) is 0 Å². The molecule has 3 N–H and O–H groups in total. The minimum Gasteiger partial charge on any atom is -0.271 e. The van der Waals surface area contributed by atoms with Crippen molar-refractivity contribution < 1.29 is 0 Å². The van der Waals surface area contributed by atoms with Crippen LogP contribution in [0.2, 0.25) is 0 Å². The van der Waals surface area contributed by atoms with Crippen molar-refractivity contribution in [3.05, 3.63) is 33.8 Å². The third kappa shape index (κ3) is 3.89. The van der Waals surface area contributed by atoms with Crippen molar-refractivity contribution in [1.29, 1.82) is 0 Å². The van der Waals surface area contributed by atoms with E-state index in [0.29, 0.717) is 5.92 Å². The second kappa shape index (κ2) is 6.38. The van der Waals surface area contributed by atoms with Crippen molar-refractivity contribution in [1.82, 2.24) is 5.43 Å². The maximum Gasteiger partial charge on any atom is 0.0471 e. The SMILES string of the molecule is Cc1ccc(Br)c(C(CCC(C)C)NN)c1. The summed E-state index contributed by atoms with van der Waals surface area (Å²) in [6.45, 7) is 6.57. The van der Waals surface area contributed by atoms with Crippen LogP contribution >= 0.6 is 15.9 Å². The lowest BCUT2D eigenvalue weighted by Crippen LogP contribution is -2.28. The van der Waals surface area contributed by atoms with Crippen LogP contribution in [0.5, 0.6) is 0 Å². The molecule has 0 radical (unpaired) electrons. The Kier molecular flexibility index (Phi) is 5.46. The largest absolute Gasteiger partial charge is 0.271 e. The van der Waals surface area contributed by atoms with Crippen LogP contribution < -0.4 is 11.3 Å². The number of nitrogens with two attached hydrogens (primary N) is 1. The molecule has 0 saturated carbocycles. The highest BCUT2D eigenvalue weighted by Crippen LogP contribution is 2.28. The molecule has 0 aliphatic rings. The van der Waals surface area contributed by atoms with Gasteiger partial charge in [0, 0.05) is 10.5 Å². The molecular formula is C13H21BrN2. The topological polar surface area (TPSA) is 38.0 Å². The van der Waals surface area contributed by atoms with Crippen molar-refractivity contribution >= 4 is 15.9 Å². The zero-order chi connectivity index (χ0) is 12.1. The van der Waals surface area contributed by atoms with Gasteiger partial charge in [-0.3, -0.25) is 11.3 Å². The van der Waals surface area contributed by atoms with Gasteiger partial charge in [0.15, 0.2) is 0 Å². The van der Waals surface area contributed by atoms with Gasteiger partial charge >= 0.3 is 0 Å². The van der Waals surface area contributed by atoms with Gasteiger partial charge in [-0.2, -0.15) is 0 Å². The standard InChI is InChI=1S/C13H21BrN2/c1-9(2)4-7-13(16-15)11-8-10(3)5-6-12(11)14/h5-6,8-9,13,16H,4,7,15H2,1-3H3. The van der Waals surface area contributed by atoms with E-state index in [-0.39, 0.29) is 6.04 Å². The van der Waals surface area contributed by atoms with Gasteiger partial charge < -0.3 is 0 Å². The van der Waals surface area contributed by atoms with E-state index in [1.807, 2.05) is 0 Å². The number of benzene rings is 1. The number of nitrogens with one attached hydrogen (secondary N) is 1. The Morgan fingerprint density at radius 3 is 2.56 bits per heavy atom. The first kappa shape index (κ1) is 13.7. The lowest BCUT2D eigenvalue weighted by molar-refractivity contribution is 0.447. The summed E-state index contributed by atoms with van der Waals surface area (Å²) >= 11 is 3.58. The van der Waals surface area contributed by atoms with Gasteiger partial charge in [-0.05, 0) is 37.3 Å². The molecule has 1 rings (SSSR count). The number of hydrogen-bond acceptors (Lipinski definition) is 2. The van der Waals surface area contributed by atoms with Crippen LogP contribution in [-0.4, -0.2) is 0 Å². The molecule has 3 heteroatoms. The first-order chi connectivity index (χ1) is 7.54. The molecule has 0 fully saturated rings. The van der Waals surface area contributed by atoms with E-state index in [4.69, 9.17) is 5.84 Å². The number of aryl methyl sites for hydroxylation is 1. The van der Waals surface area contributed by atoms with Crippen LogP contribution in [0.4, 0.5) is 0 Å². The predicted octanol–water partition coefficient (Wildman–Crippen LogP) is 3.70. The Balaban J connectivity index is 2.81. The van der Waals surface area contributed by atoms with Crippen LogP contribution in [0, 0.1) is 12.8 Å².